The van der Waals surface area contributed by atoms with Gasteiger partial charge in [-0.25, -0.2) is 0 Å². The van der Waals surface area contributed by atoms with Gasteiger partial charge in [-0.3, -0.25) is 4.98 Å². The third-order valence-electron chi connectivity index (χ3n) is 4.12. The predicted molar refractivity (Wildman–Crippen MR) is 81.5 cm³/mol. The molecule has 1 aliphatic rings. The van der Waals surface area contributed by atoms with Crippen LogP contribution < -0.4 is 10.2 Å². The Kier molecular flexibility index (Phi) is 4.81. The van der Waals surface area contributed by atoms with E-state index in [9.17, 15) is 0 Å². The molecule has 0 amide bonds. The van der Waals surface area contributed by atoms with Crippen molar-refractivity contribution in [2.75, 3.05) is 4.90 Å². The molecule has 19 heavy (non-hydrogen) atoms. The first kappa shape index (κ1) is 14.3. The second kappa shape index (κ2) is 6.38. The van der Waals surface area contributed by atoms with Gasteiger partial charge < -0.3 is 10.2 Å². The zero-order chi connectivity index (χ0) is 13.8. The Morgan fingerprint density at radius 3 is 2.89 bits per heavy atom. The lowest BCUT2D eigenvalue weighted by Gasteiger charge is -2.32. The van der Waals surface area contributed by atoms with Crippen molar-refractivity contribution < 1.29 is 0 Å². The third kappa shape index (κ3) is 3.27. The summed E-state index contributed by atoms with van der Waals surface area (Å²) in [4.78, 5) is 6.94. The standard InChI is InChI=1S/C16H27N3/c1-5-15-7-6-13(4)19(15)16-11-17-9-8-14(16)10-18-12(2)3/h8-9,11-13,15,18H,5-7,10H2,1-4H3. The minimum atomic E-state index is 0.513. The number of hydrogen-bond acceptors (Lipinski definition) is 3. The second-order valence-corrected chi connectivity index (χ2v) is 5.94. The average Bonchev–Trinajstić information content (AvgIpc) is 2.77. The molecule has 2 atom stereocenters. The van der Waals surface area contributed by atoms with Crippen LogP contribution in [-0.4, -0.2) is 23.1 Å². The SMILES string of the molecule is CCC1CCC(C)N1c1cnccc1CNC(C)C. The van der Waals surface area contributed by atoms with Crippen LogP contribution in [0.4, 0.5) is 5.69 Å². The van der Waals surface area contributed by atoms with Gasteiger partial charge in [0.25, 0.3) is 0 Å². The summed E-state index contributed by atoms with van der Waals surface area (Å²) >= 11 is 0. The maximum atomic E-state index is 4.35. The fourth-order valence-corrected chi connectivity index (χ4v) is 3.02. The zero-order valence-corrected chi connectivity index (χ0v) is 12.7. The summed E-state index contributed by atoms with van der Waals surface area (Å²) in [6, 6.07) is 3.98. The number of aromatic nitrogens is 1. The van der Waals surface area contributed by atoms with E-state index in [1.165, 1.54) is 30.5 Å². The molecule has 1 aromatic heterocycles. The van der Waals surface area contributed by atoms with Gasteiger partial charge in [0.05, 0.1) is 11.9 Å². The van der Waals surface area contributed by atoms with Crippen molar-refractivity contribution in [2.45, 2.75) is 71.6 Å². The number of pyridine rings is 1. The fraction of sp³-hybridized carbons (Fsp3) is 0.688. The molecule has 1 saturated heterocycles. The Balaban J connectivity index is 2.22. The van der Waals surface area contributed by atoms with Gasteiger partial charge in [-0.15, -0.1) is 0 Å². The smallest absolute Gasteiger partial charge is 0.0603 e. The third-order valence-corrected chi connectivity index (χ3v) is 4.12. The highest BCUT2D eigenvalue weighted by Gasteiger charge is 2.30. The largest absolute Gasteiger partial charge is 0.364 e. The van der Waals surface area contributed by atoms with E-state index in [-0.39, 0.29) is 0 Å². The van der Waals surface area contributed by atoms with Crippen LogP contribution in [0.25, 0.3) is 0 Å². The molecule has 0 aliphatic carbocycles. The maximum Gasteiger partial charge on any atom is 0.0603 e. The molecule has 1 aliphatic heterocycles. The summed E-state index contributed by atoms with van der Waals surface area (Å²) in [6.45, 7) is 9.93. The van der Waals surface area contributed by atoms with Gasteiger partial charge in [0.1, 0.15) is 0 Å². The summed E-state index contributed by atoms with van der Waals surface area (Å²) < 4.78 is 0. The Morgan fingerprint density at radius 1 is 1.42 bits per heavy atom. The fourth-order valence-electron chi connectivity index (χ4n) is 3.02. The normalized spacial score (nSPS) is 23.3. The van der Waals surface area contributed by atoms with E-state index in [0.717, 1.165) is 6.54 Å². The van der Waals surface area contributed by atoms with Gasteiger partial charge in [-0.05, 0) is 37.8 Å². The van der Waals surface area contributed by atoms with Crippen LogP contribution in [0, 0.1) is 0 Å². The monoisotopic (exact) mass is 261 g/mol. The molecule has 3 heteroatoms. The van der Waals surface area contributed by atoms with E-state index in [1.54, 1.807) is 0 Å². The predicted octanol–water partition coefficient (Wildman–Crippen LogP) is 3.35. The Bertz CT molecular complexity index is 403. The minimum Gasteiger partial charge on any atom is -0.364 e. The van der Waals surface area contributed by atoms with Gasteiger partial charge >= 0.3 is 0 Å². The average molecular weight is 261 g/mol. The number of anilines is 1. The van der Waals surface area contributed by atoms with Crippen molar-refractivity contribution in [3.8, 4) is 0 Å². The first-order chi connectivity index (χ1) is 9.13. The molecule has 0 bridgehead atoms. The highest BCUT2D eigenvalue weighted by Crippen LogP contribution is 2.33. The quantitative estimate of drug-likeness (QED) is 0.881. The van der Waals surface area contributed by atoms with Gasteiger partial charge in [-0.2, -0.15) is 0 Å². The molecule has 2 rings (SSSR count). The van der Waals surface area contributed by atoms with Gasteiger partial charge in [0.15, 0.2) is 0 Å². The van der Waals surface area contributed by atoms with Crippen molar-refractivity contribution in [2.24, 2.45) is 0 Å². The summed E-state index contributed by atoms with van der Waals surface area (Å²) in [5.74, 6) is 0. The Morgan fingerprint density at radius 2 is 2.21 bits per heavy atom. The van der Waals surface area contributed by atoms with Crippen molar-refractivity contribution in [1.82, 2.24) is 10.3 Å². The molecule has 1 aromatic rings. The van der Waals surface area contributed by atoms with Crippen LogP contribution in [0.1, 0.15) is 52.5 Å². The summed E-state index contributed by atoms with van der Waals surface area (Å²) in [7, 11) is 0. The molecule has 0 spiro atoms. The highest BCUT2D eigenvalue weighted by atomic mass is 15.2. The summed E-state index contributed by atoms with van der Waals surface area (Å²) in [5, 5.41) is 3.52. The molecule has 1 fully saturated rings. The Labute approximate surface area is 117 Å². The van der Waals surface area contributed by atoms with Crippen LogP contribution in [-0.2, 0) is 6.54 Å². The lowest BCUT2D eigenvalue weighted by Crippen LogP contribution is -2.35. The number of nitrogens with one attached hydrogen (secondary N) is 1. The maximum absolute atomic E-state index is 4.35. The Hall–Kier alpha value is -1.09. The summed E-state index contributed by atoms with van der Waals surface area (Å²) in [5.41, 5.74) is 2.70. The van der Waals surface area contributed by atoms with Crippen molar-refractivity contribution in [3.05, 3.63) is 24.0 Å². The molecule has 0 radical (unpaired) electrons. The molecular formula is C16H27N3. The minimum absolute atomic E-state index is 0.513. The van der Waals surface area contributed by atoms with E-state index < -0.39 is 0 Å². The molecular weight excluding hydrogens is 234 g/mol. The van der Waals surface area contributed by atoms with E-state index in [2.05, 4.69) is 49.0 Å². The molecule has 0 saturated carbocycles. The van der Waals surface area contributed by atoms with Gasteiger partial charge in [0.2, 0.25) is 0 Å². The van der Waals surface area contributed by atoms with E-state index in [1.807, 2.05) is 12.4 Å². The van der Waals surface area contributed by atoms with E-state index in [4.69, 9.17) is 0 Å². The number of rotatable bonds is 5. The van der Waals surface area contributed by atoms with E-state index in [0.29, 0.717) is 18.1 Å². The zero-order valence-electron chi connectivity index (χ0n) is 12.7. The highest BCUT2D eigenvalue weighted by molar-refractivity contribution is 5.54. The molecule has 0 aromatic carbocycles. The van der Waals surface area contributed by atoms with Crippen LogP contribution >= 0.6 is 0 Å². The lowest BCUT2D eigenvalue weighted by molar-refractivity contribution is 0.581. The van der Waals surface area contributed by atoms with Gasteiger partial charge in [0, 0.05) is 30.9 Å². The van der Waals surface area contributed by atoms with Crippen LogP contribution in [0.3, 0.4) is 0 Å². The molecule has 106 valence electrons. The van der Waals surface area contributed by atoms with Crippen molar-refractivity contribution in [3.63, 3.8) is 0 Å². The first-order valence-electron chi connectivity index (χ1n) is 7.58. The topological polar surface area (TPSA) is 28.2 Å². The van der Waals surface area contributed by atoms with Gasteiger partial charge in [-0.1, -0.05) is 20.8 Å². The molecule has 2 unspecified atom stereocenters. The summed E-state index contributed by atoms with van der Waals surface area (Å²) in [6.07, 6.45) is 7.77. The molecule has 2 heterocycles. The molecule has 3 nitrogen and oxygen atoms in total. The first-order valence-corrected chi connectivity index (χ1v) is 7.58. The van der Waals surface area contributed by atoms with E-state index >= 15 is 0 Å². The molecule has 1 N–H and O–H groups in total. The van der Waals surface area contributed by atoms with Crippen molar-refractivity contribution in [1.29, 1.82) is 0 Å². The van der Waals surface area contributed by atoms with Crippen molar-refractivity contribution >= 4 is 5.69 Å². The lowest BCUT2D eigenvalue weighted by atomic mass is 10.1. The second-order valence-electron chi connectivity index (χ2n) is 5.94. The van der Waals surface area contributed by atoms with Crippen LogP contribution in [0.5, 0.6) is 0 Å². The van der Waals surface area contributed by atoms with Crippen LogP contribution in [0.15, 0.2) is 18.5 Å². The number of nitrogens with zero attached hydrogens (tertiary/aromatic N) is 2. The number of hydrogen-bond donors (Lipinski definition) is 1. The van der Waals surface area contributed by atoms with Crippen LogP contribution in [0.2, 0.25) is 0 Å².